The molecule has 4 N–H and O–H groups in total. The normalized spacial score (nSPS) is 20.7. The van der Waals surface area contributed by atoms with Gasteiger partial charge in [0.1, 0.15) is 0 Å². The van der Waals surface area contributed by atoms with Crippen LogP contribution in [0.1, 0.15) is 19.3 Å². The van der Waals surface area contributed by atoms with E-state index in [1.165, 1.54) is 9.80 Å². The van der Waals surface area contributed by atoms with E-state index in [1.54, 1.807) is 0 Å². The maximum Gasteiger partial charge on any atom is 1.00 e. The summed E-state index contributed by atoms with van der Waals surface area (Å²) >= 11 is 4.59. The molecule has 0 aromatic carbocycles. The molecule has 29 heavy (non-hydrogen) atoms. The third kappa shape index (κ3) is 10.9. The first-order valence-corrected chi connectivity index (χ1v) is 8.47. The van der Waals surface area contributed by atoms with Gasteiger partial charge in [0.25, 0.3) is 0 Å². The van der Waals surface area contributed by atoms with Gasteiger partial charge in [-0.3, -0.25) is 29.0 Å². The molecule has 0 bridgehead atoms. The molecule has 1 aliphatic carbocycles. The van der Waals surface area contributed by atoms with E-state index in [1.807, 2.05) is 0 Å². The van der Waals surface area contributed by atoms with E-state index in [0.29, 0.717) is 12.8 Å². The Morgan fingerprint density at radius 3 is 1.52 bits per heavy atom. The summed E-state index contributed by atoms with van der Waals surface area (Å²) in [6.45, 7) is -2.31. The quantitative estimate of drug-likeness (QED) is 0.143. The molecule has 14 heteroatoms. The summed E-state index contributed by atoms with van der Waals surface area (Å²) in [4.78, 5) is 51.1. The second kappa shape index (κ2) is 14.7. The van der Waals surface area contributed by atoms with Gasteiger partial charge in [0.15, 0.2) is 0 Å². The van der Waals surface area contributed by atoms with Crippen molar-refractivity contribution in [1.82, 2.24) is 9.80 Å². The zero-order valence-electron chi connectivity index (χ0n) is 16.4. The van der Waals surface area contributed by atoms with Gasteiger partial charge in [-0.2, -0.15) is 0 Å². The molecule has 1 rings (SSSR count). The summed E-state index contributed by atoms with van der Waals surface area (Å²) in [5.41, 5.74) is 0. The smallest absolute Gasteiger partial charge is 0.480 e. The molecule has 3 atom stereocenters. The zero-order chi connectivity index (χ0) is 20.6. The summed E-state index contributed by atoms with van der Waals surface area (Å²) in [5.74, 6) is -4.98. The number of rotatable bonds is 11. The summed E-state index contributed by atoms with van der Waals surface area (Å²) in [6, 6.07) is -1.71. The maximum absolute atomic E-state index is 11.2. The van der Waals surface area contributed by atoms with E-state index in [9.17, 15) is 19.2 Å². The largest absolute Gasteiger partial charge is 1.00 e. The van der Waals surface area contributed by atoms with Gasteiger partial charge < -0.3 is 20.4 Å². The van der Waals surface area contributed by atoms with Crippen LogP contribution >= 0.6 is 12.2 Å². The number of aliphatic imine (C=N–C) groups is 1. The molecule has 11 nitrogen and oxygen atoms in total. The van der Waals surface area contributed by atoms with E-state index in [0.717, 1.165) is 0 Å². The number of hydrogen-bond donors (Lipinski definition) is 4. The molecule has 1 fully saturated rings. The first-order chi connectivity index (χ1) is 12.6. The molecule has 0 aliphatic heterocycles. The Labute approximate surface area is 196 Å². The van der Waals surface area contributed by atoms with Crippen molar-refractivity contribution in [3.63, 3.8) is 0 Å². The van der Waals surface area contributed by atoms with Gasteiger partial charge in [-0.05, 0) is 31.5 Å². The molecular formula is C15H21Li2N3O8S+2. The van der Waals surface area contributed by atoms with Crippen molar-refractivity contribution in [3.8, 4) is 0 Å². The predicted octanol–water partition coefficient (Wildman–Crippen LogP) is -6.67. The fourth-order valence-electron chi connectivity index (χ4n) is 3.40. The summed E-state index contributed by atoms with van der Waals surface area (Å²) in [6.07, 6.45) is 0.991. The third-order valence-electron chi connectivity index (χ3n) is 4.28. The second-order valence-corrected chi connectivity index (χ2v) is 6.39. The van der Waals surface area contributed by atoms with Gasteiger partial charge in [0.05, 0.1) is 37.4 Å². The third-order valence-corrected chi connectivity index (χ3v) is 4.39. The van der Waals surface area contributed by atoms with Crippen LogP contribution in [0.15, 0.2) is 4.99 Å². The number of thiocarbonyl (C=S) groups is 1. The van der Waals surface area contributed by atoms with Crippen molar-refractivity contribution in [1.29, 1.82) is 0 Å². The van der Waals surface area contributed by atoms with Gasteiger partial charge in [0, 0.05) is 12.1 Å². The van der Waals surface area contributed by atoms with Crippen molar-refractivity contribution < 1.29 is 77.3 Å². The number of nitrogens with zero attached hydrogens (tertiary/aromatic N) is 3. The van der Waals surface area contributed by atoms with Crippen LogP contribution < -0.4 is 37.7 Å². The van der Waals surface area contributed by atoms with Crippen LogP contribution in [0.4, 0.5) is 0 Å². The van der Waals surface area contributed by atoms with Crippen molar-refractivity contribution in [2.45, 2.75) is 37.4 Å². The minimum absolute atomic E-state index is 0. The van der Waals surface area contributed by atoms with Gasteiger partial charge in [0.2, 0.25) is 0 Å². The van der Waals surface area contributed by atoms with Crippen LogP contribution in [-0.2, 0) is 19.2 Å². The van der Waals surface area contributed by atoms with E-state index < -0.39 is 62.1 Å². The summed E-state index contributed by atoms with van der Waals surface area (Å²) < 4.78 is 0. The standard InChI is InChI=1S/C15H21N3O8S.2Li/c19-12(20)4-17(5-13(21)22)10-2-1-9(16-8-27)3-11(10)18(6-14(23)24)7-15(25)26;;/h9-11H,1-7H2,(H,19,20)(H,21,22)(H,23,24)(H,25,26);;/q;2*+1. The SMILES string of the molecule is O=C(O)CN(CC(=O)O)C1CCC(N=C=S)CC1N(CC(=O)O)CC(=O)O.[Li+].[Li+]. The van der Waals surface area contributed by atoms with E-state index in [4.69, 9.17) is 20.4 Å². The van der Waals surface area contributed by atoms with Crippen molar-refractivity contribution in [2.24, 2.45) is 4.99 Å². The second-order valence-electron chi connectivity index (χ2n) is 6.21. The Hall–Kier alpha value is -1.21. The van der Waals surface area contributed by atoms with Gasteiger partial charge >= 0.3 is 61.6 Å². The summed E-state index contributed by atoms with van der Waals surface area (Å²) in [5, 5.41) is 38.7. The average molecular weight is 417 g/mol. The first kappa shape index (κ1) is 30.0. The van der Waals surface area contributed by atoms with Crippen LogP contribution in [0.2, 0.25) is 0 Å². The first-order valence-electron chi connectivity index (χ1n) is 8.06. The Balaban J connectivity index is 0. The molecule has 0 aromatic heterocycles. The number of aliphatic carboxylic acids is 4. The molecule has 0 amide bonds. The van der Waals surface area contributed by atoms with Crippen LogP contribution in [-0.4, -0.2) is 104 Å². The molecule has 3 unspecified atom stereocenters. The minimum atomic E-state index is -1.25. The topological polar surface area (TPSA) is 168 Å². The Kier molecular flexibility index (Phi) is 15.2. The van der Waals surface area contributed by atoms with Crippen LogP contribution in [0.25, 0.3) is 0 Å². The van der Waals surface area contributed by atoms with Gasteiger partial charge in [-0.1, -0.05) is 0 Å². The van der Waals surface area contributed by atoms with Crippen molar-refractivity contribution >= 4 is 41.3 Å². The maximum atomic E-state index is 11.2. The number of isothiocyanates is 1. The summed E-state index contributed by atoms with van der Waals surface area (Å²) in [7, 11) is 0. The van der Waals surface area contributed by atoms with E-state index >= 15 is 0 Å². The Morgan fingerprint density at radius 2 is 1.17 bits per heavy atom. The van der Waals surface area contributed by atoms with Crippen molar-refractivity contribution in [2.75, 3.05) is 26.2 Å². The molecule has 1 saturated carbocycles. The van der Waals surface area contributed by atoms with Crippen LogP contribution in [0.3, 0.4) is 0 Å². The number of carboxylic acids is 4. The van der Waals surface area contributed by atoms with Crippen LogP contribution in [0.5, 0.6) is 0 Å². The minimum Gasteiger partial charge on any atom is -0.480 e. The van der Waals surface area contributed by atoms with Crippen LogP contribution in [0, 0.1) is 0 Å². The molecule has 0 saturated heterocycles. The van der Waals surface area contributed by atoms with E-state index in [2.05, 4.69) is 22.4 Å². The monoisotopic (exact) mass is 417 g/mol. The molecule has 1 aliphatic rings. The molecule has 150 valence electrons. The van der Waals surface area contributed by atoms with Gasteiger partial charge in [-0.25, -0.2) is 4.99 Å². The van der Waals surface area contributed by atoms with E-state index in [-0.39, 0.29) is 50.2 Å². The fraction of sp³-hybridized carbons (Fsp3) is 0.667. The number of hydrogen-bond acceptors (Lipinski definition) is 8. The zero-order valence-corrected chi connectivity index (χ0v) is 17.2. The predicted molar refractivity (Wildman–Crippen MR) is 93.9 cm³/mol. The van der Waals surface area contributed by atoms with Crippen molar-refractivity contribution in [3.05, 3.63) is 0 Å². The fourth-order valence-corrected chi connectivity index (χ4v) is 3.54. The molecule has 0 heterocycles. The molecule has 0 spiro atoms. The Morgan fingerprint density at radius 1 is 0.793 bits per heavy atom. The average Bonchev–Trinajstić information content (AvgIpc) is 2.52. The Bertz CT molecular complexity index is 615. The number of carboxylic acid groups (broad SMARTS) is 4. The molecule has 0 aromatic rings. The molecule has 0 radical (unpaired) electrons. The molecular weight excluding hydrogens is 396 g/mol. The number of carbonyl (C=O) groups is 4. The van der Waals surface area contributed by atoms with Gasteiger partial charge in [-0.15, -0.1) is 0 Å².